The highest BCUT2D eigenvalue weighted by atomic mass is 32.1. The molecule has 52 heavy (non-hydrogen) atoms. The van der Waals surface area contributed by atoms with Crippen LogP contribution in [0, 0.1) is 5.41 Å². The average Bonchev–Trinajstić information content (AvgIpc) is 3.87. The van der Waals surface area contributed by atoms with Crippen LogP contribution in [0.15, 0.2) is 176 Å². The highest BCUT2D eigenvalue weighted by Gasteiger charge is 2.55. The van der Waals surface area contributed by atoms with Gasteiger partial charge in [0.05, 0.1) is 5.41 Å². The summed E-state index contributed by atoms with van der Waals surface area (Å²) in [6.45, 7) is 2.49. The molecule has 2 heteroatoms. The Morgan fingerprint density at radius 3 is 1.56 bits per heavy atom. The van der Waals surface area contributed by atoms with Gasteiger partial charge >= 0.3 is 0 Å². The Morgan fingerprint density at radius 1 is 0.462 bits per heavy atom. The Hall–Kier alpha value is -5.54. The minimum atomic E-state index is -0.371. The van der Waals surface area contributed by atoms with E-state index in [-0.39, 0.29) is 10.8 Å². The third-order valence-electron chi connectivity index (χ3n) is 11.9. The molecule has 0 nitrogen and oxygen atoms in total. The third kappa shape index (κ3) is 4.08. The van der Waals surface area contributed by atoms with E-state index in [0.717, 1.165) is 6.42 Å². The van der Waals surface area contributed by atoms with Crippen LogP contribution in [-0.4, -0.2) is 0 Å². The molecule has 0 radical (unpaired) electrons. The van der Waals surface area contributed by atoms with E-state index in [0.29, 0.717) is 0 Å². The van der Waals surface area contributed by atoms with Crippen molar-refractivity contribution >= 4 is 68.6 Å². The molecule has 246 valence electrons. The predicted octanol–water partition coefficient (Wildman–Crippen LogP) is 14.5. The number of hydrogen-bond acceptors (Lipinski definition) is 2. The van der Waals surface area contributed by atoms with Gasteiger partial charge in [0.2, 0.25) is 0 Å². The Kier molecular flexibility index (Phi) is 6.50. The van der Waals surface area contributed by atoms with Gasteiger partial charge in [-0.15, -0.1) is 22.7 Å². The van der Waals surface area contributed by atoms with Crippen LogP contribution in [0.4, 0.5) is 0 Å². The molecule has 0 bridgehead atoms. The minimum Gasteiger partial charge on any atom is -0.135 e. The second kappa shape index (κ2) is 11.2. The van der Waals surface area contributed by atoms with Gasteiger partial charge in [0.1, 0.15) is 0 Å². The highest BCUT2D eigenvalue weighted by Crippen LogP contribution is 2.63. The molecule has 1 unspecified atom stereocenters. The normalized spacial score (nSPS) is 17.5. The maximum atomic E-state index is 2.54. The van der Waals surface area contributed by atoms with Crippen molar-refractivity contribution in [3.63, 3.8) is 0 Å². The van der Waals surface area contributed by atoms with Gasteiger partial charge in [0, 0.05) is 45.8 Å². The molecule has 0 spiro atoms. The summed E-state index contributed by atoms with van der Waals surface area (Å²) in [6.07, 6.45) is 8.40. The maximum Gasteiger partial charge on any atom is 0.0554 e. The van der Waals surface area contributed by atoms with E-state index in [9.17, 15) is 0 Å². The zero-order valence-corrected chi connectivity index (χ0v) is 30.4. The van der Waals surface area contributed by atoms with Crippen molar-refractivity contribution in [2.24, 2.45) is 5.41 Å². The van der Waals surface area contributed by atoms with Crippen molar-refractivity contribution < 1.29 is 0 Å². The van der Waals surface area contributed by atoms with Crippen molar-refractivity contribution in [1.82, 2.24) is 0 Å². The van der Waals surface area contributed by atoms with Crippen LogP contribution < -0.4 is 0 Å². The molecule has 0 fully saturated rings. The summed E-state index contributed by atoms with van der Waals surface area (Å²) < 4.78 is 5.42. The fourth-order valence-corrected chi connectivity index (χ4v) is 12.0. The Balaban J connectivity index is 1.08. The lowest BCUT2D eigenvalue weighted by Crippen LogP contribution is -2.44. The van der Waals surface area contributed by atoms with Gasteiger partial charge in [-0.05, 0) is 68.6 Å². The van der Waals surface area contributed by atoms with E-state index in [1.165, 1.54) is 90.4 Å². The van der Waals surface area contributed by atoms with Crippen molar-refractivity contribution in [2.75, 3.05) is 0 Å². The number of allylic oxidation sites excluding steroid dienone is 4. The van der Waals surface area contributed by atoms with Crippen LogP contribution in [0.5, 0.6) is 0 Å². The molecule has 2 aliphatic rings. The van der Waals surface area contributed by atoms with Crippen molar-refractivity contribution in [1.29, 1.82) is 0 Å². The molecule has 9 aromatic rings. The predicted molar refractivity (Wildman–Crippen MR) is 226 cm³/mol. The first-order valence-electron chi connectivity index (χ1n) is 18.1. The highest BCUT2D eigenvalue weighted by molar-refractivity contribution is 7.26. The molecule has 2 aromatic heterocycles. The fraction of sp³-hybridized carbons (Fsp3) is 0.0800. The summed E-state index contributed by atoms with van der Waals surface area (Å²) >= 11 is 3.81. The molecular weight excluding hydrogens is 665 g/mol. The SMILES string of the molecule is CC1(C2(c3ccc(-c4cccc5c4sc4ccccc45)cc3)c3ccccc3-c3ccccc32)C=CC(c2cccc3c2sc2ccccc23)=CC1. The lowest BCUT2D eigenvalue weighted by Gasteiger charge is -2.48. The van der Waals surface area contributed by atoms with Crippen LogP contribution >= 0.6 is 22.7 Å². The van der Waals surface area contributed by atoms with Crippen LogP contribution in [-0.2, 0) is 5.41 Å². The summed E-state index contributed by atoms with van der Waals surface area (Å²) in [5.74, 6) is 0. The number of rotatable bonds is 4. The molecule has 0 amide bonds. The monoisotopic (exact) mass is 698 g/mol. The molecule has 2 heterocycles. The fourth-order valence-electron chi connectivity index (χ4n) is 9.55. The molecule has 2 aliphatic carbocycles. The van der Waals surface area contributed by atoms with Crippen LogP contribution in [0.3, 0.4) is 0 Å². The van der Waals surface area contributed by atoms with E-state index in [1.54, 1.807) is 0 Å². The summed E-state index contributed by atoms with van der Waals surface area (Å²) in [6, 6.07) is 59.1. The van der Waals surface area contributed by atoms with E-state index >= 15 is 0 Å². The molecule has 0 saturated carbocycles. The summed E-state index contributed by atoms with van der Waals surface area (Å²) in [4.78, 5) is 0. The largest absolute Gasteiger partial charge is 0.135 e. The van der Waals surface area contributed by atoms with Crippen LogP contribution in [0.2, 0.25) is 0 Å². The Morgan fingerprint density at radius 2 is 0.962 bits per heavy atom. The number of thiophene rings is 2. The quantitative estimate of drug-likeness (QED) is 0.172. The minimum absolute atomic E-state index is 0.222. The standard InChI is InChI=1S/C50H34S2/c1-49(30-28-33(29-31-49)36-17-11-19-42-40-15-5-9-23-46(40)52-48(36)42)50(43-20-6-2-12-37(43)38-13-3-7-21-44(38)50)34-26-24-32(25-27-34)35-16-10-18-41-39-14-4-8-22-45(39)51-47(35)41/h2-30H,31H2,1H3. The van der Waals surface area contributed by atoms with Gasteiger partial charge in [0.25, 0.3) is 0 Å². The number of hydrogen-bond donors (Lipinski definition) is 0. The van der Waals surface area contributed by atoms with Gasteiger partial charge in [-0.2, -0.15) is 0 Å². The lowest BCUT2D eigenvalue weighted by molar-refractivity contribution is 0.293. The molecule has 11 rings (SSSR count). The zero-order valence-electron chi connectivity index (χ0n) is 28.8. The topological polar surface area (TPSA) is 0 Å². The first-order chi connectivity index (χ1) is 25.6. The third-order valence-corrected chi connectivity index (χ3v) is 14.4. The molecule has 0 N–H and O–H groups in total. The van der Waals surface area contributed by atoms with E-state index in [1.807, 2.05) is 22.7 Å². The second-order valence-electron chi connectivity index (χ2n) is 14.6. The maximum absolute atomic E-state index is 2.54. The smallest absolute Gasteiger partial charge is 0.0554 e. The first-order valence-corrected chi connectivity index (χ1v) is 19.8. The van der Waals surface area contributed by atoms with Crippen molar-refractivity contribution in [3.8, 4) is 22.3 Å². The summed E-state index contributed by atoms with van der Waals surface area (Å²) in [5, 5.41) is 5.38. The van der Waals surface area contributed by atoms with Gasteiger partial charge in [-0.1, -0.05) is 171 Å². The van der Waals surface area contributed by atoms with Crippen LogP contribution in [0.25, 0.3) is 68.2 Å². The first kappa shape index (κ1) is 30.1. The zero-order chi connectivity index (χ0) is 34.4. The second-order valence-corrected chi connectivity index (χ2v) is 16.7. The molecule has 0 saturated heterocycles. The number of fused-ring (bicyclic) bond motifs is 9. The van der Waals surface area contributed by atoms with Gasteiger partial charge in [0.15, 0.2) is 0 Å². The van der Waals surface area contributed by atoms with Gasteiger partial charge in [-0.3, -0.25) is 0 Å². The van der Waals surface area contributed by atoms with E-state index < -0.39 is 0 Å². The van der Waals surface area contributed by atoms with E-state index in [4.69, 9.17) is 0 Å². The summed E-state index contributed by atoms with van der Waals surface area (Å²) in [7, 11) is 0. The lowest BCUT2D eigenvalue weighted by atomic mass is 9.53. The van der Waals surface area contributed by atoms with Gasteiger partial charge in [-0.25, -0.2) is 0 Å². The summed E-state index contributed by atoms with van der Waals surface area (Å²) in [5.41, 5.74) is 11.4. The molecule has 7 aromatic carbocycles. The molecule has 1 atom stereocenters. The average molecular weight is 699 g/mol. The molecular formula is C50H34S2. The van der Waals surface area contributed by atoms with Crippen LogP contribution in [0.1, 0.15) is 35.6 Å². The van der Waals surface area contributed by atoms with Crippen molar-refractivity contribution in [2.45, 2.75) is 18.8 Å². The van der Waals surface area contributed by atoms with E-state index in [2.05, 4.69) is 183 Å². The Labute approximate surface area is 311 Å². The van der Waals surface area contributed by atoms with Gasteiger partial charge < -0.3 is 0 Å². The molecule has 0 aliphatic heterocycles. The Bertz CT molecular complexity index is 2900. The number of benzene rings is 7. The van der Waals surface area contributed by atoms with Crippen molar-refractivity contribution in [3.05, 3.63) is 198 Å².